The van der Waals surface area contributed by atoms with Crippen molar-refractivity contribution in [3.05, 3.63) is 206 Å². The molecule has 0 saturated heterocycles. The van der Waals surface area contributed by atoms with Gasteiger partial charge in [0.15, 0.2) is 11.6 Å². The summed E-state index contributed by atoms with van der Waals surface area (Å²) < 4.78 is 0. The molecule has 8 heteroatoms. The molecule has 0 atom stereocenters. The Hall–Kier alpha value is -8.62. The Morgan fingerprint density at radius 1 is 0.194 bits per heavy atom. The molecule has 4 heterocycles. The fraction of sp³-hybridized carbons (Fsp3) is 0. The zero-order valence-corrected chi connectivity index (χ0v) is 33.2. The van der Waals surface area contributed by atoms with E-state index in [4.69, 9.17) is 39.9 Å². The molecule has 0 unspecified atom stereocenters. The summed E-state index contributed by atoms with van der Waals surface area (Å²) in [5.74, 6) is 1.16. The molecule has 0 aliphatic rings. The minimum absolute atomic E-state index is 0.580. The van der Waals surface area contributed by atoms with Crippen molar-refractivity contribution in [1.29, 1.82) is 0 Å². The van der Waals surface area contributed by atoms with E-state index >= 15 is 0 Å². The average molecular weight is 795 g/mol. The minimum Gasteiger partial charge on any atom is -0.244 e. The Morgan fingerprint density at radius 2 is 0.484 bits per heavy atom. The molecule has 0 bridgehead atoms. The van der Waals surface area contributed by atoms with Gasteiger partial charge in [-0.1, -0.05) is 164 Å². The lowest BCUT2D eigenvalue weighted by molar-refractivity contribution is 1.16. The second-order valence-corrected chi connectivity index (χ2v) is 14.8. The molecule has 0 radical (unpaired) electrons. The smallest absolute Gasteiger partial charge is 0.160 e. The van der Waals surface area contributed by atoms with Crippen molar-refractivity contribution >= 4 is 22.1 Å². The molecule has 11 rings (SSSR count). The number of para-hydroxylation sites is 4. The lowest BCUT2D eigenvalue weighted by Crippen LogP contribution is -2.01. The van der Waals surface area contributed by atoms with Gasteiger partial charge in [0.1, 0.15) is 11.4 Å². The van der Waals surface area contributed by atoms with Gasteiger partial charge in [0, 0.05) is 33.4 Å². The summed E-state index contributed by atoms with van der Waals surface area (Å²) in [5, 5.41) is 0. The molecule has 0 amide bonds. The van der Waals surface area contributed by atoms with E-state index in [0.717, 1.165) is 78.2 Å². The van der Waals surface area contributed by atoms with E-state index in [0.29, 0.717) is 34.4 Å². The normalized spacial score (nSPS) is 11.2. The summed E-state index contributed by atoms with van der Waals surface area (Å²) in [6.07, 6.45) is 0. The summed E-state index contributed by atoms with van der Waals surface area (Å²) in [5.41, 5.74) is 14.3. The number of rotatable bonds is 8. The van der Waals surface area contributed by atoms with Crippen LogP contribution in [-0.2, 0) is 0 Å². The quantitative estimate of drug-likeness (QED) is 0.150. The third-order valence-corrected chi connectivity index (χ3v) is 10.7. The molecule has 290 valence electrons. The largest absolute Gasteiger partial charge is 0.244 e. The summed E-state index contributed by atoms with van der Waals surface area (Å²) in [6, 6.07) is 68.5. The zero-order valence-electron chi connectivity index (χ0n) is 33.2. The molecular formula is C54H34N8. The van der Waals surface area contributed by atoms with E-state index in [1.165, 1.54) is 0 Å². The third-order valence-electron chi connectivity index (χ3n) is 10.7. The molecule has 8 nitrogen and oxygen atoms in total. The van der Waals surface area contributed by atoms with Gasteiger partial charge < -0.3 is 0 Å². The Kier molecular flexibility index (Phi) is 9.33. The van der Waals surface area contributed by atoms with Crippen LogP contribution in [0.5, 0.6) is 0 Å². The molecule has 7 aromatic carbocycles. The molecule has 0 spiro atoms. The van der Waals surface area contributed by atoms with Crippen LogP contribution in [0.1, 0.15) is 0 Å². The van der Waals surface area contributed by atoms with Crippen molar-refractivity contribution < 1.29 is 0 Å². The van der Waals surface area contributed by atoms with E-state index in [-0.39, 0.29) is 0 Å². The first kappa shape index (κ1) is 36.5. The van der Waals surface area contributed by atoms with Crippen molar-refractivity contribution in [2.75, 3.05) is 0 Å². The lowest BCUT2D eigenvalue weighted by atomic mass is 10.0. The molecule has 0 saturated carbocycles. The van der Waals surface area contributed by atoms with Crippen molar-refractivity contribution in [2.45, 2.75) is 0 Å². The molecule has 62 heavy (non-hydrogen) atoms. The Morgan fingerprint density at radius 3 is 0.855 bits per heavy atom. The topological polar surface area (TPSA) is 103 Å². The average Bonchev–Trinajstić information content (AvgIpc) is 3.36. The highest BCUT2D eigenvalue weighted by atomic mass is 14.9. The van der Waals surface area contributed by atoms with Crippen LogP contribution in [0.2, 0.25) is 0 Å². The van der Waals surface area contributed by atoms with Crippen LogP contribution in [0, 0.1) is 0 Å². The molecule has 0 aliphatic carbocycles. The van der Waals surface area contributed by atoms with Crippen LogP contribution >= 0.6 is 0 Å². The van der Waals surface area contributed by atoms with Gasteiger partial charge in [-0.25, -0.2) is 39.9 Å². The number of hydrogen-bond donors (Lipinski definition) is 0. The van der Waals surface area contributed by atoms with Gasteiger partial charge in [0.25, 0.3) is 0 Å². The Labute approximate surface area is 357 Å². The fourth-order valence-corrected chi connectivity index (χ4v) is 7.66. The van der Waals surface area contributed by atoms with Gasteiger partial charge in [0.2, 0.25) is 0 Å². The first-order valence-electron chi connectivity index (χ1n) is 20.4. The summed E-state index contributed by atoms with van der Waals surface area (Å²) in [6.45, 7) is 0. The third kappa shape index (κ3) is 7.12. The van der Waals surface area contributed by atoms with E-state index < -0.39 is 0 Å². The maximum atomic E-state index is 5.20. The molecule has 0 fully saturated rings. The van der Waals surface area contributed by atoms with Crippen molar-refractivity contribution in [3.63, 3.8) is 0 Å². The van der Waals surface area contributed by atoms with Gasteiger partial charge in [0.05, 0.1) is 56.2 Å². The summed E-state index contributed by atoms with van der Waals surface area (Å²) in [4.78, 5) is 41.4. The Bertz CT molecular complexity index is 3170. The number of aromatic nitrogens is 8. The van der Waals surface area contributed by atoms with Gasteiger partial charge in [-0.15, -0.1) is 0 Å². The number of fused-ring (bicyclic) bond motifs is 2. The standard InChI is InChI=1S/C54H34N8/c1-5-18-35(19-6-1)49-51(57-43-30-15-13-28-41(43)55-49)47-33-45(59-53(61-47)37-22-9-3-10-23-37)39-26-17-27-40(32-39)46-34-48(62-54(60-46)38-24-11-4-12-25-38)52-50(36-20-7-2-8-21-36)56-42-29-14-16-31-44(42)58-52/h1-34H. The number of benzene rings is 7. The van der Waals surface area contributed by atoms with Crippen molar-refractivity contribution in [1.82, 2.24) is 39.9 Å². The Balaban J connectivity index is 1.10. The van der Waals surface area contributed by atoms with E-state index in [2.05, 4.69) is 42.5 Å². The highest BCUT2D eigenvalue weighted by Crippen LogP contribution is 2.37. The van der Waals surface area contributed by atoms with E-state index in [1.54, 1.807) is 0 Å². The zero-order chi connectivity index (χ0) is 41.2. The predicted molar refractivity (Wildman–Crippen MR) is 247 cm³/mol. The van der Waals surface area contributed by atoms with Crippen molar-refractivity contribution in [3.8, 4) is 90.6 Å². The number of hydrogen-bond acceptors (Lipinski definition) is 8. The summed E-state index contributed by atoms with van der Waals surface area (Å²) in [7, 11) is 0. The van der Waals surface area contributed by atoms with Crippen molar-refractivity contribution in [2.24, 2.45) is 0 Å². The highest BCUT2D eigenvalue weighted by Gasteiger charge is 2.21. The molecule has 0 N–H and O–H groups in total. The first-order valence-corrected chi connectivity index (χ1v) is 20.4. The molecule has 11 aromatic rings. The van der Waals surface area contributed by atoms with Gasteiger partial charge in [-0.2, -0.15) is 0 Å². The predicted octanol–water partition coefficient (Wildman–Crippen LogP) is 12.5. The number of nitrogens with zero attached hydrogens (tertiary/aromatic N) is 8. The monoisotopic (exact) mass is 794 g/mol. The highest BCUT2D eigenvalue weighted by molar-refractivity contribution is 5.88. The second kappa shape index (κ2) is 15.9. The lowest BCUT2D eigenvalue weighted by Gasteiger charge is -2.14. The van der Waals surface area contributed by atoms with Crippen LogP contribution < -0.4 is 0 Å². The first-order chi connectivity index (χ1) is 30.7. The summed E-state index contributed by atoms with van der Waals surface area (Å²) >= 11 is 0. The van der Waals surface area contributed by atoms with Crippen LogP contribution in [-0.4, -0.2) is 39.9 Å². The maximum absolute atomic E-state index is 5.20. The molecule has 4 aromatic heterocycles. The van der Waals surface area contributed by atoms with Crippen LogP contribution in [0.15, 0.2) is 206 Å². The fourth-order valence-electron chi connectivity index (χ4n) is 7.66. The van der Waals surface area contributed by atoms with Crippen LogP contribution in [0.3, 0.4) is 0 Å². The van der Waals surface area contributed by atoms with Crippen LogP contribution in [0.25, 0.3) is 113 Å². The van der Waals surface area contributed by atoms with Crippen LogP contribution in [0.4, 0.5) is 0 Å². The van der Waals surface area contributed by atoms with Gasteiger partial charge in [-0.05, 0) is 42.5 Å². The van der Waals surface area contributed by atoms with Gasteiger partial charge in [-0.3, -0.25) is 0 Å². The SMILES string of the molecule is c1ccc(-c2nc(-c3cccc(-c4cc(-c5nc6ccccc6nc5-c5ccccc5)nc(-c5ccccc5)n4)c3)cc(-c3nc4ccccc4nc3-c3ccccc3)n2)cc1. The van der Waals surface area contributed by atoms with E-state index in [9.17, 15) is 0 Å². The maximum Gasteiger partial charge on any atom is 0.160 e. The minimum atomic E-state index is 0.580. The van der Waals surface area contributed by atoms with Gasteiger partial charge >= 0.3 is 0 Å². The molecular weight excluding hydrogens is 761 g/mol. The second-order valence-electron chi connectivity index (χ2n) is 14.8. The van der Waals surface area contributed by atoms with E-state index in [1.807, 2.05) is 164 Å². The molecule has 0 aliphatic heterocycles.